The molecular weight excluding hydrogens is 216 g/mol. The van der Waals surface area contributed by atoms with E-state index in [4.69, 9.17) is 4.42 Å². The molecule has 1 N–H and O–H groups in total. The Hall–Kier alpha value is -2.36. The van der Waals surface area contributed by atoms with E-state index in [2.05, 4.69) is 10.5 Å². The first-order valence-corrected chi connectivity index (χ1v) is 5.21. The van der Waals surface area contributed by atoms with Gasteiger partial charge in [-0.25, -0.2) is 5.43 Å². The standard InChI is InChI=1S/C13H12N2O2/c1-10(11-6-3-2-4-7-11)14-15-13(16)12-8-5-9-17-12/h2-9H,1H3,(H,15,16)/b14-10+. The highest BCUT2D eigenvalue weighted by atomic mass is 16.3. The molecule has 0 saturated carbocycles. The van der Waals surface area contributed by atoms with Crippen molar-refractivity contribution in [2.45, 2.75) is 6.92 Å². The van der Waals surface area contributed by atoms with E-state index in [-0.39, 0.29) is 11.7 Å². The molecule has 86 valence electrons. The van der Waals surface area contributed by atoms with Crippen molar-refractivity contribution in [3.8, 4) is 0 Å². The lowest BCUT2D eigenvalue weighted by Gasteiger charge is -2.00. The van der Waals surface area contributed by atoms with E-state index >= 15 is 0 Å². The maximum absolute atomic E-state index is 11.5. The number of benzene rings is 1. The number of carbonyl (C=O) groups is 1. The number of nitrogens with zero attached hydrogens (tertiary/aromatic N) is 1. The van der Waals surface area contributed by atoms with Gasteiger partial charge in [0.2, 0.25) is 0 Å². The Bertz CT molecular complexity index is 516. The van der Waals surface area contributed by atoms with Crippen LogP contribution in [0.15, 0.2) is 58.2 Å². The van der Waals surface area contributed by atoms with E-state index < -0.39 is 0 Å². The van der Waals surface area contributed by atoms with Crippen LogP contribution >= 0.6 is 0 Å². The molecule has 1 aromatic heterocycles. The van der Waals surface area contributed by atoms with Gasteiger partial charge in [-0.2, -0.15) is 5.10 Å². The van der Waals surface area contributed by atoms with Gasteiger partial charge in [-0.3, -0.25) is 4.79 Å². The molecule has 4 heteroatoms. The minimum absolute atomic E-state index is 0.245. The quantitative estimate of drug-likeness (QED) is 0.648. The molecule has 0 aliphatic carbocycles. The summed E-state index contributed by atoms with van der Waals surface area (Å²) in [5.41, 5.74) is 4.14. The fourth-order valence-electron chi connectivity index (χ4n) is 1.34. The number of rotatable bonds is 3. The van der Waals surface area contributed by atoms with E-state index in [9.17, 15) is 4.79 Å². The van der Waals surface area contributed by atoms with Gasteiger partial charge in [-0.15, -0.1) is 0 Å². The molecule has 0 aliphatic heterocycles. The summed E-state index contributed by atoms with van der Waals surface area (Å²) >= 11 is 0. The molecular formula is C13H12N2O2. The third kappa shape index (κ3) is 2.81. The van der Waals surface area contributed by atoms with Gasteiger partial charge >= 0.3 is 5.91 Å². The summed E-state index contributed by atoms with van der Waals surface area (Å²) in [6.45, 7) is 1.83. The van der Waals surface area contributed by atoms with E-state index in [0.29, 0.717) is 0 Å². The molecule has 0 radical (unpaired) electrons. The highest BCUT2D eigenvalue weighted by Gasteiger charge is 2.06. The number of nitrogens with one attached hydrogen (secondary N) is 1. The highest BCUT2D eigenvalue weighted by molar-refractivity contribution is 6.00. The molecule has 4 nitrogen and oxygen atoms in total. The Morgan fingerprint density at radius 1 is 1.18 bits per heavy atom. The number of carbonyl (C=O) groups excluding carboxylic acids is 1. The largest absolute Gasteiger partial charge is 0.459 e. The Morgan fingerprint density at radius 3 is 2.59 bits per heavy atom. The van der Waals surface area contributed by atoms with Crippen LogP contribution in [0.2, 0.25) is 0 Å². The molecule has 0 saturated heterocycles. The topological polar surface area (TPSA) is 54.6 Å². The lowest BCUT2D eigenvalue weighted by Crippen LogP contribution is -2.18. The second kappa shape index (κ2) is 5.12. The van der Waals surface area contributed by atoms with E-state index in [1.54, 1.807) is 12.1 Å². The summed E-state index contributed by atoms with van der Waals surface area (Å²) in [5.74, 6) is -0.111. The smallest absolute Gasteiger partial charge is 0.307 e. The molecule has 17 heavy (non-hydrogen) atoms. The fraction of sp³-hybridized carbons (Fsp3) is 0.0769. The number of hydrazone groups is 1. The zero-order chi connectivity index (χ0) is 12.1. The normalized spacial score (nSPS) is 11.2. The van der Waals surface area contributed by atoms with Gasteiger partial charge in [0.1, 0.15) is 0 Å². The zero-order valence-electron chi connectivity index (χ0n) is 9.38. The van der Waals surface area contributed by atoms with Gasteiger partial charge in [0.15, 0.2) is 5.76 Å². The summed E-state index contributed by atoms with van der Waals surface area (Å²) in [4.78, 5) is 11.5. The maximum Gasteiger partial charge on any atom is 0.307 e. The van der Waals surface area contributed by atoms with Gasteiger partial charge in [-0.1, -0.05) is 30.3 Å². The van der Waals surface area contributed by atoms with Crippen LogP contribution in [0.3, 0.4) is 0 Å². The summed E-state index contributed by atoms with van der Waals surface area (Å²) in [7, 11) is 0. The van der Waals surface area contributed by atoms with E-state index in [1.807, 2.05) is 37.3 Å². The first-order chi connectivity index (χ1) is 8.27. The molecule has 1 amide bonds. The minimum Gasteiger partial charge on any atom is -0.459 e. The first-order valence-electron chi connectivity index (χ1n) is 5.21. The van der Waals surface area contributed by atoms with Gasteiger partial charge in [0, 0.05) is 0 Å². The van der Waals surface area contributed by atoms with Crippen molar-refractivity contribution in [3.63, 3.8) is 0 Å². The number of furan rings is 1. The molecule has 0 bridgehead atoms. The lowest BCUT2D eigenvalue weighted by molar-refractivity contribution is 0.0927. The zero-order valence-corrected chi connectivity index (χ0v) is 9.38. The predicted molar refractivity (Wildman–Crippen MR) is 64.8 cm³/mol. The van der Waals surface area contributed by atoms with Crippen LogP contribution in [0.25, 0.3) is 0 Å². The van der Waals surface area contributed by atoms with Crippen molar-refractivity contribution in [2.24, 2.45) is 5.10 Å². The average Bonchev–Trinajstić information content (AvgIpc) is 2.90. The first kappa shape index (κ1) is 11.1. The Kier molecular flexibility index (Phi) is 3.35. The van der Waals surface area contributed by atoms with Crippen LogP contribution in [-0.4, -0.2) is 11.6 Å². The van der Waals surface area contributed by atoms with Crippen LogP contribution in [0.1, 0.15) is 23.0 Å². The average molecular weight is 228 g/mol. The van der Waals surface area contributed by atoms with Gasteiger partial charge in [-0.05, 0) is 24.6 Å². The summed E-state index contributed by atoms with van der Waals surface area (Å²) < 4.78 is 4.95. The molecule has 0 spiro atoms. The van der Waals surface area contributed by atoms with Gasteiger partial charge in [0.25, 0.3) is 0 Å². The van der Waals surface area contributed by atoms with Crippen LogP contribution < -0.4 is 5.43 Å². The van der Waals surface area contributed by atoms with Crippen LogP contribution in [0.5, 0.6) is 0 Å². The fourth-order valence-corrected chi connectivity index (χ4v) is 1.34. The van der Waals surface area contributed by atoms with Crippen molar-refractivity contribution in [1.29, 1.82) is 0 Å². The number of hydrogen-bond acceptors (Lipinski definition) is 3. The highest BCUT2D eigenvalue weighted by Crippen LogP contribution is 2.01. The van der Waals surface area contributed by atoms with Crippen molar-refractivity contribution >= 4 is 11.6 Å². The van der Waals surface area contributed by atoms with Gasteiger partial charge < -0.3 is 4.42 Å². The molecule has 1 aromatic carbocycles. The second-order valence-electron chi connectivity index (χ2n) is 3.48. The molecule has 0 unspecified atom stereocenters. The summed E-state index contributed by atoms with van der Waals surface area (Å²) in [5, 5.41) is 4.01. The van der Waals surface area contributed by atoms with Crippen molar-refractivity contribution in [2.75, 3.05) is 0 Å². The van der Waals surface area contributed by atoms with E-state index in [0.717, 1.165) is 11.3 Å². The van der Waals surface area contributed by atoms with Crippen molar-refractivity contribution in [3.05, 3.63) is 60.1 Å². The molecule has 2 aromatic rings. The molecule has 2 rings (SSSR count). The lowest BCUT2D eigenvalue weighted by atomic mass is 10.1. The Balaban J connectivity index is 2.04. The Morgan fingerprint density at radius 2 is 1.94 bits per heavy atom. The van der Waals surface area contributed by atoms with Gasteiger partial charge in [0.05, 0.1) is 12.0 Å². The third-order valence-electron chi connectivity index (χ3n) is 2.26. The van der Waals surface area contributed by atoms with Crippen LogP contribution in [0, 0.1) is 0 Å². The number of hydrogen-bond donors (Lipinski definition) is 1. The Labute approximate surface area is 99.0 Å². The minimum atomic E-state index is -0.356. The molecule has 0 aliphatic rings. The number of amides is 1. The molecule has 0 atom stereocenters. The van der Waals surface area contributed by atoms with Crippen molar-refractivity contribution in [1.82, 2.24) is 5.43 Å². The molecule has 1 heterocycles. The summed E-state index contributed by atoms with van der Waals surface area (Å²) in [6.07, 6.45) is 1.45. The van der Waals surface area contributed by atoms with Crippen molar-refractivity contribution < 1.29 is 9.21 Å². The second-order valence-corrected chi connectivity index (χ2v) is 3.48. The summed E-state index contributed by atoms with van der Waals surface area (Å²) in [6, 6.07) is 12.9. The van der Waals surface area contributed by atoms with Crippen LogP contribution in [0.4, 0.5) is 0 Å². The SMILES string of the molecule is C/C(=N\NC(=O)c1ccco1)c1ccccc1. The maximum atomic E-state index is 11.5. The van der Waals surface area contributed by atoms with E-state index in [1.165, 1.54) is 6.26 Å². The monoisotopic (exact) mass is 228 g/mol. The third-order valence-corrected chi connectivity index (χ3v) is 2.26. The predicted octanol–water partition coefficient (Wildman–Crippen LogP) is 2.43. The molecule has 0 fully saturated rings. The van der Waals surface area contributed by atoms with Crippen LogP contribution in [-0.2, 0) is 0 Å².